The zero-order chi connectivity index (χ0) is 23.8. The lowest BCUT2D eigenvalue weighted by molar-refractivity contribution is 0.415. The third-order valence-corrected chi connectivity index (χ3v) is 6.29. The van der Waals surface area contributed by atoms with Gasteiger partial charge in [-0.1, -0.05) is 85.5 Å². The van der Waals surface area contributed by atoms with Crippen molar-refractivity contribution in [2.45, 2.75) is 0 Å². The summed E-state index contributed by atoms with van der Waals surface area (Å²) in [7, 11) is 1.69. The Hall–Kier alpha value is -4.70. The number of aromatic nitrogens is 3. The number of hydrogen-bond donors (Lipinski definition) is 0. The molecule has 0 saturated carbocycles. The van der Waals surface area contributed by atoms with Crippen LogP contribution in [0.5, 0.6) is 5.75 Å². The van der Waals surface area contributed by atoms with E-state index in [9.17, 15) is 0 Å². The van der Waals surface area contributed by atoms with Crippen molar-refractivity contribution in [3.05, 3.63) is 115 Å². The molecule has 6 rings (SSSR count). The van der Waals surface area contributed by atoms with Crippen molar-refractivity contribution in [1.82, 2.24) is 14.8 Å². The highest BCUT2D eigenvalue weighted by Crippen LogP contribution is 2.41. The number of pyridine rings is 1. The molecule has 35 heavy (non-hydrogen) atoms. The largest absolute Gasteiger partial charge is 0.497 e. The van der Waals surface area contributed by atoms with Crippen LogP contribution in [0.15, 0.2) is 110 Å². The molecule has 0 N–H and O–H groups in total. The Morgan fingerprint density at radius 3 is 2.20 bits per heavy atom. The minimum Gasteiger partial charge on any atom is -0.497 e. The minimum absolute atomic E-state index is 0.791. The molecule has 0 bridgehead atoms. The highest BCUT2D eigenvalue weighted by atomic mass is 16.5. The molecule has 0 radical (unpaired) electrons. The third kappa shape index (κ3) is 3.56. The summed E-state index contributed by atoms with van der Waals surface area (Å²) in [5.41, 5.74) is 7.85. The summed E-state index contributed by atoms with van der Waals surface area (Å²) in [5, 5.41) is 7.15. The van der Waals surface area contributed by atoms with Crippen LogP contribution >= 0.6 is 0 Å². The summed E-state index contributed by atoms with van der Waals surface area (Å²) in [4.78, 5) is 5.12. The Balaban J connectivity index is 1.80. The Labute approximate surface area is 203 Å². The summed E-state index contributed by atoms with van der Waals surface area (Å²) in [5.74, 6) is 0.791. The summed E-state index contributed by atoms with van der Waals surface area (Å²) in [6, 6.07) is 34.9. The van der Waals surface area contributed by atoms with E-state index in [4.69, 9.17) is 14.8 Å². The molecule has 0 spiro atoms. The second-order valence-corrected chi connectivity index (χ2v) is 8.36. The van der Waals surface area contributed by atoms with Crippen molar-refractivity contribution in [3.8, 4) is 33.8 Å². The zero-order valence-corrected chi connectivity index (χ0v) is 19.3. The molecule has 2 heterocycles. The minimum atomic E-state index is 0.791. The van der Waals surface area contributed by atoms with Gasteiger partial charge in [-0.05, 0) is 41.5 Å². The molecule has 4 aromatic carbocycles. The molecule has 0 aliphatic rings. The topological polar surface area (TPSA) is 39.9 Å². The molecule has 0 aliphatic heterocycles. The molecule has 0 saturated heterocycles. The quantitative estimate of drug-likeness (QED) is 0.270. The van der Waals surface area contributed by atoms with Crippen LogP contribution in [0, 0.1) is 0 Å². The van der Waals surface area contributed by atoms with Crippen molar-refractivity contribution in [2.24, 2.45) is 0 Å². The van der Waals surface area contributed by atoms with E-state index in [0.717, 1.165) is 61.3 Å². The van der Waals surface area contributed by atoms with Crippen molar-refractivity contribution in [1.29, 1.82) is 0 Å². The fourth-order valence-electron chi connectivity index (χ4n) is 4.56. The first-order valence-corrected chi connectivity index (χ1v) is 11.5. The number of para-hydroxylation sites is 1. The summed E-state index contributed by atoms with van der Waals surface area (Å²) in [6.07, 6.45) is 1.86. The van der Waals surface area contributed by atoms with E-state index in [2.05, 4.69) is 61.2 Å². The highest BCUT2D eigenvalue weighted by molar-refractivity contribution is 6.14. The lowest BCUT2D eigenvalue weighted by Gasteiger charge is -2.12. The van der Waals surface area contributed by atoms with Gasteiger partial charge in [-0.3, -0.25) is 0 Å². The van der Waals surface area contributed by atoms with Gasteiger partial charge >= 0.3 is 0 Å². The van der Waals surface area contributed by atoms with Gasteiger partial charge in [-0.15, -0.1) is 0 Å². The normalized spacial score (nSPS) is 11.1. The first-order valence-electron chi connectivity index (χ1n) is 11.5. The maximum absolute atomic E-state index is 5.59. The molecule has 0 aliphatic carbocycles. The second kappa shape index (κ2) is 8.58. The summed E-state index contributed by atoms with van der Waals surface area (Å²) < 4.78 is 7.54. The average Bonchev–Trinajstić information content (AvgIpc) is 3.31. The smallest absolute Gasteiger partial charge is 0.164 e. The van der Waals surface area contributed by atoms with Crippen LogP contribution in [0.1, 0.15) is 5.56 Å². The van der Waals surface area contributed by atoms with Crippen molar-refractivity contribution < 1.29 is 4.74 Å². The molecule has 0 atom stereocenters. The Morgan fingerprint density at radius 1 is 0.800 bits per heavy atom. The molecular formula is C31H23N3O. The Morgan fingerprint density at radius 2 is 1.51 bits per heavy atom. The van der Waals surface area contributed by atoms with E-state index >= 15 is 0 Å². The van der Waals surface area contributed by atoms with Gasteiger partial charge in [-0.25, -0.2) is 9.67 Å². The maximum Gasteiger partial charge on any atom is 0.164 e. The summed E-state index contributed by atoms with van der Waals surface area (Å²) in [6.45, 7) is 3.91. The van der Waals surface area contributed by atoms with E-state index < -0.39 is 0 Å². The molecular weight excluding hydrogens is 430 g/mol. The van der Waals surface area contributed by atoms with Gasteiger partial charge in [-0.2, -0.15) is 5.10 Å². The van der Waals surface area contributed by atoms with Crippen LogP contribution in [0.3, 0.4) is 0 Å². The number of methoxy groups -OCH3 is 1. The molecule has 0 amide bonds. The molecule has 4 nitrogen and oxygen atoms in total. The fraction of sp³-hybridized carbons (Fsp3) is 0.0323. The van der Waals surface area contributed by atoms with Crippen LogP contribution in [0.2, 0.25) is 0 Å². The number of rotatable bonds is 5. The fourth-order valence-corrected chi connectivity index (χ4v) is 4.56. The number of benzene rings is 4. The molecule has 4 heteroatoms. The SMILES string of the molecule is C=Cc1ccc(-c2c3cc(OC)ccc3nc3c2c(-c2ccccc2)nn3-c2ccccc2)cc1. The molecule has 0 unspecified atom stereocenters. The van der Waals surface area contributed by atoms with Gasteiger partial charge in [0.05, 0.1) is 23.7 Å². The van der Waals surface area contributed by atoms with Gasteiger partial charge < -0.3 is 4.74 Å². The first kappa shape index (κ1) is 20.9. The van der Waals surface area contributed by atoms with Gasteiger partial charge in [0.15, 0.2) is 5.65 Å². The predicted molar refractivity (Wildman–Crippen MR) is 144 cm³/mol. The molecule has 6 aromatic rings. The predicted octanol–water partition coefficient (Wildman–Crippen LogP) is 7.56. The molecule has 168 valence electrons. The van der Waals surface area contributed by atoms with E-state index in [0.29, 0.717) is 0 Å². The number of hydrogen-bond acceptors (Lipinski definition) is 3. The van der Waals surface area contributed by atoms with Crippen LogP contribution in [0.25, 0.3) is 56.1 Å². The van der Waals surface area contributed by atoms with Gasteiger partial charge in [0.1, 0.15) is 11.4 Å². The number of nitrogens with zero attached hydrogens (tertiary/aromatic N) is 3. The lowest BCUT2D eigenvalue weighted by atomic mass is 9.94. The van der Waals surface area contributed by atoms with Crippen LogP contribution < -0.4 is 4.74 Å². The van der Waals surface area contributed by atoms with E-state index in [1.807, 2.05) is 59.3 Å². The zero-order valence-electron chi connectivity index (χ0n) is 19.3. The lowest BCUT2D eigenvalue weighted by Crippen LogP contribution is -1.98. The van der Waals surface area contributed by atoms with E-state index in [1.165, 1.54) is 0 Å². The molecule has 0 fully saturated rings. The summed E-state index contributed by atoms with van der Waals surface area (Å²) >= 11 is 0. The number of fused-ring (bicyclic) bond motifs is 2. The maximum atomic E-state index is 5.59. The monoisotopic (exact) mass is 453 g/mol. The van der Waals surface area contributed by atoms with Gasteiger partial charge in [0, 0.05) is 16.5 Å². The molecule has 2 aromatic heterocycles. The third-order valence-electron chi connectivity index (χ3n) is 6.29. The van der Waals surface area contributed by atoms with Crippen LogP contribution in [-0.4, -0.2) is 21.9 Å². The van der Waals surface area contributed by atoms with E-state index in [-0.39, 0.29) is 0 Å². The van der Waals surface area contributed by atoms with Crippen LogP contribution in [0.4, 0.5) is 0 Å². The first-order chi connectivity index (χ1) is 17.3. The Kier molecular flexibility index (Phi) is 5.12. The standard InChI is InChI=1S/C31H23N3O/c1-3-21-14-16-22(17-15-21)28-26-20-25(35-2)18-19-27(26)32-31-29(28)30(23-10-6-4-7-11-23)33-34(31)24-12-8-5-9-13-24/h3-20H,1H2,2H3. The second-order valence-electron chi connectivity index (χ2n) is 8.36. The van der Waals surface area contributed by atoms with Crippen LogP contribution in [-0.2, 0) is 0 Å². The number of ether oxygens (including phenoxy) is 1. The van der Waals surface area contributed by atoms with E-state index in [1.54, 1.807) is 7.11 Å². The van der Waals surface area contributed by atoms with Gasteiger partial charge in [0.25, 0.3) is 0 Å². The van der Waals surface area contributed by atoms with Gasteiger partial charge in [0.2, 0.25) is 0 Å². The van der Waals surface area contributed by atoms with Crippen molar-refractivity contribution in [2.75, 3.05) is 7.11 Å². The Bertz CT molecular complexity index is 1670. The highest BCUT2D eigenvalue weighted by Gasteiger charge is 2.22. The average molecular weight is 454 g/mol. The van der Waals surface area contributed by atoms with Crippen molar-refractivity contribution in [3.63, 3.8) is 0 Å². The van der Waals surface area contributed by atoms with Crippen molar-refractivity contribution >= 4 is 28.0 Å².